The van der Waals surface area contributed by atoms with Gasteiger partial charge in [-0.25, -0.2) is 9.78 Å². The van der Waals surface area contributed by atoms with Crippen LogP contribution in [0.5, 0.6) is 0 Å². The molecule has 2 rings (SSSR count). The number of carbonyl (C=O) groups is 1. The number of anilines is 3. The number of ether oxygens (including phenoxy) is 1. The molecule has 0 atom stereocenters. The molecule has 1 heterocycles. The first-order valence-electron chi connectivity index (χ1n) is 5.89. The number of hydrogen-bond acceptors (Lipinski definition) is 5. The van der Waals surface area contributed by atoms with E-state index in [1.807, 2.05) is 25.1 Å². The number of nitrogens with one attached hydrogen (secondary N) is 1. The van der Waals surface area contributed by atoms with E-state index < -0.39 is 5.97 Å². The summed E-state index contributed by atoms with van der Waals surface area (Å²) < 4.78 is 5.53. The molecule has 1 aromatic heterocycles. The summed E-state index contributed by atoms with van der Waals surface area (Å²) in [5.74, 6) is -0.0894. The SMILES string of the molecule is COC(=O)c1ccc(N)c(Nc2ccc(C)cc2Br)n1. The van der Waals surface area contributed by atoms with Gasteiger partial charge in [0.2, 0.25) is 0 Å². The maximum atomic E-state index is 11.5. The van der Waals surface area contributed by atoms with Gasteiger partial charge in [-0.1, -0.05) is 6.07 Å². The summed E-state index contributed by atoms with van der Waals surface area (Å²) in [5, 5.41) is 3.10. The minimum atomic E-state index is -0.504. The minimum Gasteiger partial charge on any atom is -0.464 e. The molecule has 1 aromatic carbocycles. The van der Waals surface area contributed by atoms with Crippen molar-refractivity contribution in [2.24, 2.45) is 0 Å². The molecule has 0 amide bonds. The Kier molecular flexibility index (Phi) is 4.24. The van der Waals surface area contributed by atoms with E-state index in [-0.39, 0.29) is 5.69 Å². The van der Waals surface area contributed by atoms with Gasteiger partial charge in [-0.05, 0) is 52.7 Å². The van der Waals surface area contributed by atoms with Crippen molar-refractivity contribution in [2.75, 3.05) is 18.2 Å². The predicted octanol–water partition coefficient (Wildman–Crippen LogP) is 3.26. The maximum absolute atomic E-state index is 11.5. The van der Waals surface area contributed by atoms with Gasteiger partial charge in [0.1, 0.15) is 0 Å². The molecule has 0 aliphatic heterocycles. The average Bonchev–Trinajstić information content (AvgIpc) is 2.43. The van der Waals surface area contributed by atoms with Gasteiger partial charge < -0.3 is 15.8 Å². The minimum absolute atomic E-state index is 0.201. The van der Waals surface area contributed by atoms with Crippen LogP contribution in [0.4, 0.5) is 17.2 Å². The molecular weight excluding hydrogens is 322 g/mol. The molecule has 0 aliphatic carbocycles. The third-order valence-corrected chi connectivity index (χ3v) is 3.35. The Bertz CT molecular complexity index is 659. The topological polar surface area (TPSA) is 77.2 Å². The number of hydrogen-bond donors (Lipinski definition) is 2. The van der Waals surface area contributed by atoms with E-state index in [4.69, 9.17) is 5.73 Å². The van der Waals surface area contributed by atoms with Gasteiger partial charge in [0, 0.05) is 4.47 Å². The summed E-state index contributed by atoms with van der Waals surface area (Å²) in [4.78, 5) is 15.6. The van der Waals surface area contributed by atoms with Crippen molar-refractivity contribution < 1.29 is 9.53 Å². The van der Waals surface area contributed by atoms with Gasteiger partial charge in [0.15, 0.2) is 11.5 Å². The molecule has 0 radical (unpaired) electrons. The number of rotatable bonds is 3. The number of nitrogens with two attached hydrogens (primary N) is 1. The van der Waals surface area contributed by atoms with Gasteiger partial charge in [-0.2, -0.15) is 0 Å². The van der Waals surface area contributed by atoms with Crippen molar-refractivity contribution >= 4 is 39.1 Å². The highest BCUT2D eigenvalue weighted by Gasteiger charge is 2.11. The van der Waals surface area contributed by atoms with Crippen LogP contribution < -0.4 is 11.1 Å². The van der Waals surface area contributed by atoms with E-state index in [9.17, 15) is 4.79 Å². The lowest BCUT2D eigenvalue weighted by atomic mass is 10.2. The fourth-order valence-electron chi connectivity index (χ4n) is 1.64. The van der Waals surface area contributed by atoms with Crippen LogP contribution in [-0.2, 0) is 4.74 Å². The zero-order valence-electron chi connectivity index (χ0n) is 11.1. The highest BCUT2D eigenvalue weighted by Crippen LogP contribution is 2.28. The molecule has 0 saturated carbocycles. The molecule has 3 N–H and O–H groups in total. The number of esters is 1. The second-order valence-electron chi connectivity index (χ2n) is 4.23. The van der Waals surface area contributed by atoms with Crippen molar-refractivity contribution in [1.29, 1.82) is 0 Å². The van der Waals surface area contributed by atoms with Crippen LogP contribution in [0.15, 0.2) is 34.8 Å². The van der Waals surface area contributed by atoms with Gasteiger partial charge in [-0.3, -0.25) is 0 Å². The van der Waals surface area contributed by atoms with Crippen molar-refractivity contribution in [1.82, 2.24) is 4.98 Å². The standard InChI is InChI=1S/C14H14BrN3O2/c1-8-3-5-11(9(15)7-8)17-13-10(16)4-6-12(18-13)14(19)20-2/h3-7H,16H2,1-2H3,(H,17,18). The summed E-state index contributed by atoms with van der Waals surface area (Å²) in [6.45, 7) is 2.00. The Hall–Kier alpha value is -2.08. The molecule has 0 saturated heterocycles. The number of halogens is 1. The zero-order chi connectivity index (χ0) is 14.7. The molecule has 104 valence electrons. The summed E-state index contributed by atoms with van der Waals surface area (Å²) in [6, 6.07) is 8.99. The highest BCUT2D eigenvalue weighted by molar-refractivity contribution is 9.10. The predicted molar refractivity (Wildman–Crippen MR) is 82.2 cm³/mol. The molecule has 0 aliphatic rings. The number of pyridine rings is 1. The normalized spacial score (nSPS) is 10.2. The Labute approximate surface area is 125 Å². The van der Waals surface area contributed by atoms with Crippen LogP contribution in [0.2, 0.25) is 0 Å². The number of methoxy groups -OCH3 is 1. The van der Waals surface area contributed by atoms with Crippen molar-refractivity contribution in [3.05, 3.63) is 46.1 Å². The molecular formula is C14H14BrN3O2. The summed E-state index contributed by atoms with van der Waals surface area (Å²) >= 11 is 3.47. The molecule has 5 nitrogen and oxygen atoms in total. The van der Waals surface area contributed by atoms with Crippen LogP contribution >= 0.6 is 15.9 Å². The molecule has 20 heavy (non-hydrogen) atoms. The summed E-state index contributed by atoms with van der Waals surface area (Å²) in [5.41, 5.74) is 8.46. The van der Waals surface area contributed by atoms with Crippen molar-refractivity contribution in [2.45, 2.75) is 6.92 Å². The number of aromatic nitrogens is 1. The van der Waals surface area contributed by atoms with Gasteiger partial charge >= 0.3 is 5.97 Å². The lowest BCUT2D eigenvalue weighted by molar-refractivity contribution is 0.0594. The van der Waals surface area contributed by atoms with Crippen molar-refractivity contribution in [3.8, 4) is 0 Å². The fraction of sp³-hybridized carbons (Fsp3) is 0.143. The van der Waals surface area contributed by atoms with E-state index in [0.29, 0.717) is 11.5 Å². The van der Waals surface area contributed by atoms with Crippen LogP contribution in [-0.4, -0.2) is 18.1 Å². The first-order chi connectivity index (χ1) is 9.51. The summed E-state index contributed by atoms with van der Waals surface area (Å²) in [7, 11) is 1.31. The largest absolute Gasteiger partial charge is 0.464 e. The Morgan fingerprint density at radius 1 is 1.35 bits per heavy atom. The van der Waals surface area contributed by atoms with Crippen LogP contribution in [0.3, 0.4) is 0 Å². The number of aryl methyl sites for hydroxylation is 1. The first-order valence-corrected chi connectivity index (χ1v) is 6.68. The molecule has 0 fully saturated rings. The maximum Gasteiger partial charge on any atom is 0.356 e. The lowest BCUT2D eigenvalue weighted by Gasteiger charge is -2.11. The van der Waals surface area contributed by atoms with Crippen LogP contribution in [0.1, 0.15) is 16.1 Å². The second kappa shape index (κ2) is 5.92. The lowest BCUT2D eigenvalue weighted by Crippen LogP contribution is -2.08. The third kappa shape index (κ3) is 3.08. The Balaban J connectivity index is 2.35. The van der Waals surface area contributed by atoms with Gasteiger partial charge in [0.05, 0.1) is 18.5 Å². The monoisotopic (exact) mass is 335 g/mol. The van der Waals surface area contributed by atoms with E-state index in [1.54, 1.807) is 6.07 Å². The summed E-state index contributed by atoms with van der Waals surface area (Å²) in [6.07, 6.45) is 0. The zero-order valence-corrected chi connectivity index (χ0v) is 12.7. The van der Waals surface area contributed by atoms with E-state index >= 15 is 0 Å². The molecule has 0 unspecified atom stereocenters. The van der Waals surface area contributed by atoms with Gasteiger partial charge in [0.25, 0.3) is 0 Å². The van der Waals surface area contributed by atoms with E-state index in [2.05, 4.69) is 31.0 Å². The van der Waals surface area contributed by atoms with Crippen LogP contribution in [0, 0.1) is 6.92 Å². The van der Waals surface area contributed by atoms with E-state index in [0.717, 1.165) is 15.7 Å². The third-order valence-electron chi connectivity index (χ3n) is 2.70. The Morgan fingerprint density at radius 3 is 2.75 bits per heavy atom. The molecule has 0 spiro atoms. The molecule has 2 aromatic rings. The number of nitrogen functional groups attached to an aromatic ring is 1. The van der Waals surface area contributed by atoms with Gasteiger partial charge in [-0.15, -0.1) is 0 Å². The molecule has 0 bridgehead atoms. The fourth-order valence-corrected chi connectivity index (χ4v) is 2.23. The van der Waals surface area contributed by atoms with E-state index in [1.165, 1.54) is 13.2 Å². The molecule has 6 heteroatoms. The smallest absolute Gasteiger partial charge is 0.356 e. The number of nitrogens with zero attached hydrogens (tertiary/aromatic N) is 1. The van der Waals surface area contributed by atoms with Crippen LogP contribution in [0.25, 0.3) is 0 Å². The number of carbonyl (C=O) groups excluding carboxylic acids is 1. The highest BCUT2D eigenvalue weighted by atomic mass is 79.9. The quantitative estimate of drug-likeness (QED) is 0.842. The number of benzene rings is 1. The average molecular weight is 336 g/mol. The second-order valence-corrected chi connectivity index (χ2v) is 5.09. The Morgan fingerprint density at radius 2 is 2.10 bits per heavy atom. The first kappa shape index (κ1) is 14.3. The van der Waals surface area contributed by atoms with Crippen molar-refractivity contribution in [3.63, 3.8) is 0 Å².